The fourth-order valence-corrected chi connectivity index (χ4v) is 6.76. The number of phenolic OH excluding ortho intramolecular Hbond substituents is 4. The van der Waals surface area contributed by atoms with Gasteiger partial charge in [0.15, 0.2) is 0 Å². The smallest absolute Gasteiger partial charge is 0.122 e. The molecule has 240 valence electrons. The Bertz CT molecular complexity index is 1460. The zero-order valence-corrected chi connectivity index (χ0v) is 28.2. The van der Waals surface area contributed by atoms with E-state index in [-0.39, 0.29) is 11.5 Å². The summed E-state index contributed by atoms with van der Waals surface area (Å²) < 4.78 is 0. The molecular formula is C41H52O4. The fraction of sp³-hybridized carbons (Fsp3) is 0.415. The molecule has 0 saturated carbocycles. The molecule has 4 aromatic carbocycles. The van der Waals surface area contributed by atoms with Crippen molar-refractivity contribution >= 4 is 0 Å². The van der Waals surface area contributed by atoms with Crippen molar-refractivity contribution in [2.75, 3.05) is 0 Å². The van der Waals surface area contributed by atoms with Crippen molar-refractivity contribution in [3.63, 3.8) is 0 Å². The molecular weight excluding hydrogens is 556 g/mol. The molecule has 0 saturated heterocycles. The number of hydrogen-bond acceptors (Lipinski definition) is 4. The lowest BCUT2D eigenvalue weighted by Gasteiger charge is -2.17. The molecule has 0 bridgehead atoms. The summed E-state index contributed by atoms with van der Waals surface area (Å²) in [6.07, 6.45) is 8.65. The first-order valence-corrected chi connectivity index (χ1v) is 16.9. The topological polar surface area (TPSA) is 80.9 Å². The summed E-state index contributed by atoms with van der Waals surface area (Å²) in [7, 11) is 0. The Morgan fingerprint density at radius 1 is 0.356 bits per heavy atom. The highest BCUT2D eigenvalue weighted by Crippen LogP contribution is 2.36. The van der Waals surface area contributed by atoms with Crippen LogP contribution in [0.4, 0.5) is 0 Å². The Kier molecular flexibility index (Phi) is 11.6. The molecule has 4 aromatic rings. The second-order valence-electron chi connectivity index (χ2n) is 12.9. The van der Waals surface area contributed by atoms with Gasteiger partial charge in [-0.15, -0.1) is 0 Å². The predicted molar refractivity (Wildman–Crippen MR) is 186 cm³/mol. The molecule has 0 aliphatic heterocycles. The Morgan fingerprint density at radius 3 is 0.867 bits per heavy atom. The molecule has 4 rings (SSSR count). The molecule has 4 N–H and O–H groups in total. The molecule has 0 amide bonds. The normalized spacial score (nSPS) is 11.3. The van der Waals surface area contributed by atoms with Crippen molar-refractivity contribution in [1.82, 2.24) is 0 Å². The van der Waals surface area contributed by atoms with E-state index in [1.54, 1.807) is 0 Å². The maximum Gasteiger partial charge on any atom is 0.122 e. The monoisotopic (exact) mass is 608 g/mol. The minimum absolute atomic E-state index is 0.261. The number of benzene rings is 4. The van der Waals surface area contributed by atoms with Gasteiger partial charge in [0.2, 0.25) is 0 Å². The molecule has 45 heavy (non-hydrogen) atoms. The van der Waals surface area contributed by atoms with Crippen LogP contribution in [0.1, 0.15) is 120 Å². The molecule has 0 unspecified atom stereocenters. The highest BCUT2D eigenvalue weighted by molar-refractivity contribution is 5.54. The Balaban J connectivity index is 1.67. The molecule has 0 radical (unpaired) electrons. The third-order valence-corrected chi connectivity index (χ3v) is 8.73. The van der Waals surface area contributed by atoms with Crippen molar-refractivity contribution in [1.29, 1.82) is 0 Å². The Labute approximate surface area is 270 Å². The summed E-state index contributed by atoms with van der Waals surface area (Å²) >= 11 is 0. The van der Waals surface area contributed by atoms with Gasteiger partial charge in [-0.3, -0.25) is 0 Å². The third kappa shape index (κ3) is 8.22. The molecule has 0 aromatic heterocycles. The van der Waals surface area contributed by atoms with E-state index in [1.165, 1.54) is 0 Å². The number of phenols is 4. The second kappa shape index (κ2) is 15.4. The van der Waals surface area contributed by atoms with Crippen molar-refractivity contribution < 1.29 is 20.4 Å². The van der Waals surface area contributed by atoms with Crippen LogP contribution in [0.3, 0.4) is 0 Å². The van der Waals surface area contributed by atoms with Gasteiger partial charge in [0.25, 0.3) is 0 Å². The van der Waals surface area contributed by atoms with E-state index in [2.05, 4.69) is 52.0 Å². The van der Waals surface area contributed by atoms with E-state index in [9.17, 15) is 20.4 Å². The first-order chi connectivity index (χ1) is 21.6. The standard InChI is InChI=1S/C41H52O4/c1-7-11-30-19-28(20-31(12-8-2)38(30)42)23-34-15-26(5)17-36(40(34)44)25-37-18-27(6)16-35(41(37)45)24-29-21-32(13-9-3)39(43)33(22-29)14-10-4/h15-22,42-45H,7-14,23-25H2,1-6H3. The number of hydrogen-bond donors (Lipinski definition) is 4. The van der Waals surface area contributed by atoms with Crippen LogP contribution in [0.5, 0.6) is 23.0 Å². The van der Waals surface area contributed by atoms with E-state index >= 15 is 0 Å². The van der Waals surface area contributed by atoms with Crippen LogP contribution in [-0.4, -0.2) is 20.4 Å². The van der Waals surface area contributed by atoms with Gasteiger partial charge in [-0.25, -0.2) is 0 Å². The van der Waals surface area contributed by atoms with Gasteiger partial charge in [0, 0.05) is 19.3 Å². The summed E-state index contributed by atoms with van der Waals surface area (Å²) in [5.41, 5.74) is 11.5. The van der Waals surface area contributed by atoms with Crippen molar-refractivity contribution in [2.24, 2.45) is 0 Å². The highest BCUT2D eigenvalue weighted by atomic mass is 16.3. The van der Waals surface area contributed by atoms with Crippen LogP contribution >= 0.6 is 0 Å². The van der Waals surface area contributed by atoms with Gasteiger partial charge in [-0.1, -0.05) is 113 Å². The highest BCUT2D eigenvalue weighted by Gasteiger charge is 2.18. The van der Waals surface area contributed by atoms with Gasteiger partial charge in [0.05, 0.1) is 0 Å². The molecule has 0 fully saturated rings. The van der Waals surface area contributed by atoms with E-state index in [0.29, 0.717) is 30.8 Å². The largest absolute Gasteiger partial charge is 0.507 e. The average molecular weight is 609 g/mol. The first-order valence-electron chi connectivity index (χ1n) is 16.9. The van der Waals surface area contributed by atoms with Crippen LogP contribution in [0.15, 0.2) is 48.5 Å². The summed E-state index contributed by atoms with van der Waals surface area (Å²) in [6.45, 7) is 12.6. The first kappa shape index (κ1) is 34.0. The quantitative estimate of drug-likeness (QED) is 0.115. The van der Waals surface area contributed by atoms with Gasteiger partial charge < -0.3 is 20.4 Å². The van der Waals surface area contributed by atoms with E-state index in [4.69, 9.17) is 0 Å². The predicted octanol–water partition coefficient (Wildman–Crippen LogP) is 9.71. The summed E-state index contributed by atoms with van der Waals surface area (Å²) in [4.78, 5) is 0. The zero-order valence-electron chi connectivity index (χ0n) is 28.2. The van der Waals surface area contributed by atoms with Crippen molar-refractivity contribution in [3.8, 4) is 23.0 Å². The van der Waals surface area contributed by atoms with E-state index in [0.717, 1.165) is 118 Å². The number of aryl methyl sites for hydroxylation is 6. The molecule has 0 atom stereocenters. The van der Waals surface area contributed by atoms with Crippen LogP contribution in [0.25, 0.3) is 0 Å². The van der Waals surface area contributed by atoms with Crippen LogP contribution in [0, 0.1) is 13.8 Å². The van der Waals surface area contributed by atoms with Gasteiger partial charge in [-0.05, 0) is 95.2 Å². The van der Waals surface area contributed by atoms with Gasteiger partial charge >= 0.3 is 0 Å². The maximum atomic E-state index is 11.5. The minimum atomic E-state index is 0.261. The Hall–Kier alpha value is -3.92. The molecule has 0 spiro atoms. The van der Waals surface area contributed by atoms with E-state index in [1.807, 2.05) is 38.1 Å². The average Bonchev–Trinajstić information content (AvgIpc) is 2.99. The Morgan fingerprint density at radius 2 is 0.600 bits per heavy atom. The van der Waals surface area contributed by atoms with Crippen molar-refractivity contribution in [2.45, 2.75) is 112 Å². The van der Waals surface area contributed by atoms with Gasteiger partial charge in [0.1, 0.15) is 23.0 Å². The summed E-state index contributed by atoms with van der Waals surface area (Å²) in [5, 5.41) is 44.7. The fourth-order valence-electron chi connectivity index (χ4n) is 6.76. The maximum absolute atomic E-state index is 11.5. The number of rotatable bonds is 14. The van der Waals surface area contributed by atoms with Crippen LogP contribution in [-0.2, 0) is 44.9 Å². The van der Waals surface area contributed by atoms with Gasteiger partial charge in [-0.2, -0.15) is 0 Å². The lowest BCUT2D eigenvalue weighted by atomic mass is 9.90. The molecule has 4 heteroatoms. The molecule has 0 aliphatic carbocycles. The summed E-state index contributed by atoms with van der Waals surface area (Å²) in [5.74, 6) is 1.35. The molecule has 4 nitrogen and oxygen atoms in total. The second-order valence-corrected chi connectivity index (χ2v) is 12.9. The molecule has 0 heterocycles. The SMILES string of the molecule is CCCc1cc(Cc2cc(C)cc(Cc3cc(C)cc(Cc4cc(CCC)c(O)c(CCC)c4)c3O)c2O)cc(CCC)c1O. The van der Waals surface area contributed by atoms with Crippen LogP contribution < -0.4 is 0 Å². The molecule has 0 aliphatic rings. The summed E-state index contributed by atoms with van der Waals surface area (Å²) in [6, 6.07) is 16.4. The number of aromatic hydroxyl groups is 4. The minimum Gasteiger partial charge on any atom is -0.507 e. The van der Waals surface area contributed by atoms with Crippen LogP contribution in [0.2, 0.25) is 0 Å². The van der Waals surface area contributed by atoms with Crippen molar-refractivity contribution in [3.05, 3.63) is 115 Å². The lowest BCUT2D eigenvalue weighted by molar-refractivity contribution is 0.456. The lowest BCUT2D eigenvalue weighted by Crippen LogP contribution is -2.01. The van der Waals surface area contributed by atoms with E-state index < -0.39 is 0 Å². The third-order valence-electron chi connectivity index (χ3n) is 8.73. The zero-order chi connectivity index (χ0) is 32.7.